The molecule has 2 aromatic carbocycles. The van der Waals surface area contributed by atoms with Crippen LogP contribution in [0.5, 0.6) is 5.75 Å². The number of phenols is 1. The van der Waals surface area contributed by atoms with E-state index in [0.717, 1.165) is 16.7 Å². The summed E-state index contributed by atoms with van der Waals surface area (Å²) in [7, 11) is 0. The van der Waals surface area contributed by atoms with E-state index >= 15 is 0 Å². The van der Waals surface area contributed by atoms with Crippen LogP contribution in [0.25, 0.3) is 12.2 Å². The Kier molecular flexibility index (Phi) is 6.27. The van der Waals surface area contributed by atoms with Gasteiger partial charge in [-0.3, -0.25) is 14.4 Å². The van der Waals surface area contributed by atoms with Crippen LogP contribution in [0.4, 0.5) is 0 Å². The summed E-state index contributed by atoms with van der Waals surface area (Å²) in [4.78, 5) is 39.6. The maximum Gasteiger partial charge on any atom is 0.205 e. The van der Waals surface area contributed by atoms with E-state index in [4.69, 9.17) is 0 Å². The van der Waals surface area contributed by atoms with Crippen molar-refractivity contribution in [3.8, 4) is 5.75 Å². The zero-order chi connectivity index (χ0) is 27.5. The standard InChI is InChI=1S/C32H32O6/c1-16(2)23-14-20(11-10-19-8-6-5-7-9-19)28(34)27-24(23)15-21-13-22-12-17(3)25(18(4)33)30(36)32(22,38)31(37)26(21)29(27)35/h5-11,14,16,21-22,34,37-38H,12-13,15H2,1-4H3/b11-10+/t21-,22-,32-/m0/s1. The second kappa shape index (κ2) is 9.21. The minimum Gasteiger partial charge on any atom is -0.508 e. The molecule has 0 saturated heterocycles. The highest BCUT2D eigenvalue weighted by molar-refractivity contribution is 6.25. The third-order valence-corrected chi connectivity index (χ3v) is 8.36. The second-order valence-electron chi connectivity index (χ2n) is 11.1. The molecule has 3 N–H and O–H groups in total. The lowest BCUT2D eigenvalue weighted by atomic mass is 9.59. The lowest BCUT2D eigenvalue weighted by Gasteiger charge is -2.46. The Morgan fingerprint density at radius 1 is 1.08 bits per heavy atom. The van der Waals surface area contributed by atoms with Crippen LogP contribution >= 0.6 is 0 Å². The molecule has 6 heteroatoms. The average molecular weight is 513 g/mol. The first-order valence-electron chi connectivity index (χ1n) is 13.0. The molecule has 196 valence electrons. The van der Waals surface area contributed by atoms with Crippen LogP contribution in [0.15, 0.2) is 58.9 Å². The zero-order valence-corrected chi connectivity index (χ0v) is 22.0. The molecule has 0 fully saturated rings. The van der Waals surface area contributed by atoms with Gasteiger partial charge in [-0.25, -0.2) is 0 Å². The first-order chi connectivity index (χ1) is 18.0. The molecule has 0 bridgehead atoms. The van der Waals surface area contributed by atoms with Gasteiger partial charge in [0.15, 0.2) is 17.2 Å². The minimum atomic E-state index is -2.33. The molecule has 2 aromatic rings. The Morgan fingerprint density at radius 3 is 2.39 bits per heavy atom. The van der Waals surface area contributed by atoms with Crippen LogP contribution in [0.3, 0.4) is 0 Å². The normalized spacial score (nSPS) is 25.1. The van der Waals surface area contributed by atoms with Crippen LogP contribution in [0.1, 0.15) is 79.1 Å². The Hall–Kier alpha value is -3.77. The first-order valence-corrected chi connectivity index (χ1v) is 13.0. The summed E-state index contributed by atoms with van der Waals surface area (Å²) in [6.07, 6.45) is 4.59. The quantitative estimate of drug-likeness (QED) is 0.369. The number of carbonyl (C=O) groups is 3. The number of benzene rings is 2. The largest absolute Gasteiger partial charge is 0.508 e. The highest BCUT2D eigenvalue weighted by Crippen LogP contribution is 2.52. The van der Waals surface area contributed by atoms with E-state index in [1.807, 2.05) is 56.3 Å². The van der Waals surface area contributed by atoms with Crippen molar-refractivity contribution in [3.05, 3.63) is 86.7 Å². The number of carbonyl (C=O) groups excluding carboxylic acids is 3. The number of aliphatic hydroxyl groups excluding tert-OH is 1. The molecule has 0 aliphatic heterocycles. The molecule has 0 unspecified atom stereocenters. The van der Waals surface area contributed by atoms with Gasteiger partial charge in [-0.05, 0) is 67.7 Å². The molecule has 5 rings (SSSR count). The number of hydrogen-bond donors (Lipinski definition) is 3. The molecule has 0 amide bonds. The topological polar surface area (TPSA) is 112 Å². The molecule has 38 heavy (non-hydrogen) atoms. The Bertz CT molecular complexity index is 1470. The summed E-state index contributed by atoms with van der Waals surface area (Å²) in [5.74, 6) is -3.78. The number of rotatable bonds is 4. The highest BCUT2D eigenvalue weighted by atomic mass is 16.3. The average Bonchev–Trinajstić information content (AvgIpc) is 2.86. The van der Waals surface area contributed by atoms with E-state index < -0.39 is 40.5 Å². The van der Waals surface area contributed by atoms with E-state index in [2.05, 4.69) is 0 Å². The van der Waals surface area contributed by atoms with Gasteiger partial charge in [0.1, 0.15) is 11.5 Å². The fourth-order valence-electron chi connectivity index (χ4n) is 6.54. The van der Waals surface area contributed by atoms with E-state index in [0.29, 0.717) is 24.0 Å². The lowest BCUT2D eigenvalue weighted by molar-refractivity contribution is -0.143. The monoisotopic (exact) mass is 512 g/mol. The van der Waals surface area contributed by atoms with Crippen LogP contribution < -0.4 is 0 Å². The molecule has 3 aliphatic carbocycles. The van der Waals surface area contributed by atoms with Crippen molar-refractivity contribution in [3.63, 3.8) is 0 Å². The zero-order valence-electron chi connectivity index (χ0n) is 22.0. The van der Waals surface area contributed by atoms with Gasteiger partial charge in [-0.1, -0.05) is 61.9 Å². The number of allylic oxidation sites excluding steroid dienone is 2. The van der Waals surface area contributed by atoms with Gasteiger partial charge < -0.3 is 15.3 Å². The first kappa shape index (κ1) is 25.9. The van der Waals surface area contributed by atoms with Crippen LogP contribution in [0, 0.1) is 11.8 Å². The van der Waals surface area contributed by atoms with E-state index in [1.165, 1.54) is 6.92 Å². The van der Waals surface area contributed by atoms with Gasteiger partial charge in [0.25, 0.3) is 0 Å². The van der Waals surface area contributed by atoms with Crippen molar-refractivity contribution in [2.45, 2.75) is 58.5 Å². The Morgan fingerprint density at radius 2 is 1.76 bits per heavy atom. The van der Waals surface area contributed by atoms with Crippen molar-refractivity contribution in [1.29, 1.82) is 0 Å². The maximum atomic E-state index is 14.0. The summed E-state index contributed by atoms with van der Waals surface area (Å²) in [5, 5.41) is 34.2. The minimum absolute atomic E-state index is 0.0405. The molecule has 0 aromatic heterocycles. The van der Waals surface area contributed by atoms with Crippen molar-refractivity contribution in [2.24, 2.45) is 11.8 Å². The van der Waals surface area contributed by atoms with Gasteiger partial charge in [0.2, 0.25) is 5.78 Å². The summed E-state index contributed by atoms with van der Waals surface area (Å²) in [6.45, 7) is 7.02. The predicted molar refractivity (Wildman–Crippen MR) is 145 cm³/mol. The molecule has 3 atom stereocenters. The van der Waals surface area contributed by atoms with E-state index in [9.17, 15) is 29.7 Å². The number of fused-ring (bicyclic) bond motifs is 3. The molecule has 0 saturated carbocycles. The summed E-state index contributed by atoms with van der Waals surface area (Å²) < 4.78 is 0. The molecule has 0 spiro atoms. The lowest BCUT2D eigenvalue weighted by Crippen LogP contribution is -2.56. The smallest absolute Gasteiger partial charge is 0.205 e. The Balaban J connectivity index is 1.67. The molecule has 3 aliphatic rings. The fraction of sp³-hybridized carbons (Fsp3) is 0.344. The number of hydrogen-bond acceptors (Lipinski definition) is 6. The van der Waals surface area contributed by atoms with Gasteiger partial charge >= 0.3 is 0 Å². The highest BCUT2D eigenvalue weighted by Gasteiger charge is 2.58. The molecular formula is C32H32O6. The molecule has 6 nitrogen and oxygen atoms in total. The third kappa shape index (κ3) is 3.78. The number of aliphatic hydroxyl groups is 2. The van der Waals surface area contributed by atoms with Crippen molar-refractivity contribution >= 4 is 29.5 Å². The number of ketones is 3. The van der Waals surface area contributed by atoms with Crippen molar-refractivity contribution in [1.82, 2.24) is 0 Å². The molecule has 0 radical (unpaired) electrons. The number of aromatic hydroxyl groups is 1. The molecule has 0 heterocycles. The van der Waals surface area contributed by atoms with Gasteiger partial charge in [0.05, 0.1) is 11.1 Å². The summed E-state index contributed by atoms with van der Waals surface area (Å²) in [6, 6.07) is 11.5. The van der Waals surface area contributed by atoms with Gasteiger partial charge in [-0.15, -0.1) is 0 Å². The van der Waals surface area contributed by atoms with Crippen LogP contribution in [0.2, 0.25) is 0 Å². The molecular weight excluding hydrogens is 480 g/mol. The van der Waals surface area contributed by atoms with Gasteiger partial charge in [0, 0.05) is 17.1 Å². The van der Waals surface area contributed by atoms with Gasteiger partial charge in [-0.2, -0.15) is 0 Å². The van der Waals surface area contributed by atoms with Crippen LogP contribution in [-0.4, -0.2) is 38.3 Å². The van der Waals surface area contributed by atoms with Crippen molar-refractivity contribution in [2.75, 3.05) is 0 Å². The number of Topliss-reactive ketones (excluding diaryl/α,β-unsaturated/α-hetero) is 3. The fourth-order valence-corrected chi connectivity index (χ4v) is 6.54. The summed E-state index contributed by atoms with van der Waals surface area (Å²) >= 11 is 0. The predicted octanol–water partition coefficient (Wildman–Crippen LogP) is 5.48. The number of phenolic OH excluding ortho intramolecular Hbond substituents is 1. The second-order valence-corrected chi connectivity index (χ2v) is 11.1. The SMILES string of the molecule is CC(=O)C1=C(C)C[C@H]2C[C@H]3Cc4c(C(C)C)cc(/C=C/c5ccccc5)c(O)c4C(=O)C3=C(O)[C@@]2(O)C1=O. The van der Waals surface area contributed by atoms with E-state index in [1.54, 1.807) is 13.0 Å². The third-order valence-electron chi connectivity index (χ3n) is 8.36. The van der Waals surface area contributed by atoms with Crippen LogP contribution in [-0.2, 0) is 16.0 Å². The summed E-state index contributed by atoms with van der Waals surface area (Å²) in [5.41, 5.74) is 1.29. The maximum absolute atomic E-state index is 14.0. The Labute approximate surface area is 222 Å². The van der Waals surface area contributed by atoms with Crippen molar-refractivity contribution < 1.29 is 29.7 Å². The van der Waals surface area contributed by atoms with E-state index in [-0.39, 0.29) is 34.8 Å².